The molecule has 106 valence electrons. The van der Waals surface area contributed by atoms with Crippen LogP contribution in [0.1, 0.15) is 5.89 Å². The van der Waals surface area contributed by atoms with Gasteiger partial charge in [0.2, 0.25) is 5.82 Å². The van der Waals surface area contributed by atoms with Crippen molar-refractivity contribution in [1.29, 1.82) is 0 Å². The van der Waals surface area contributed by atoms with Crippen LogP contribution in [0.15, 0.2) is 57.5 Å². The molecule has 0 spiro atoms. The Balaban J connectivity index is 1.67. The van der Waals surface area contributed by atoms with Crippen LogP contribution in [0.5, 0.6) is 5.75 Å². The summed E-state index contributed by atoms with van der Waals surface area (Å²) in [6.45, 7) is 0.224. The number of nitrogens with zero attached hydrogens (tertiary/aromatic N) is 2. The number of benzene rings is 2. The van der Waals surface area contributed by atoms with E-state index in [1.165, 1.54) is 0 Å². The van der Waals surface area contributed by atoms with Crippen molar-refractivity contribution in [2.45, 2.75) is 6.61 Å². The topological polar surface area (TPSA) is 48.2 Å². The fourth-order valence-corrected chi connectivity index (χ4v) is 2.10. The van der Waals surface area contributed by atoms with E-state index in [4.69, 9.17) is 20.9 Å². The molecule has 0 saturated heterocycles. The summed E-state index contributed by atoms with van der Waals surface area (Å²) < 4.78 is 11.7. The summed E-state index contributed by atoms with van der Waals surface area (Å²) >= 11 is 9.22. The number of hydrogen-bond acceptors (Lipinski definition) is 4. The van der Waals surface area contributed by atoms with Gasteiger partial charge in [-0.05, 0) is 48.5 Å². The molecule has 0 atom stereocenters. The maximum absolute atomic E-state index is 5.85. The summed E-state index contributed by atoms with van der Waals surface area (Å²) in [5.41, 5.74) is 0.845. The third kappa shape index (κ3) is 3.62. The summed E-state index contributed by atoms with van der Waals surface area (Å²) in [4.78, 5) is 4.29. The number of aromatic nitrogens is 2. The van der Waals surface area contributed by atoms with Gasteiger partial charge in [-0.1, -0.05) is 32.7 Å². The van der Waals surface area contributed by atoms with Gasteiger partial charge in [-0.2, -0.15) is 4.98 Å². The average Bonchev–Trinajstić information content (AvgIpc) is 2.96. The SMILES string of the molecule is Clc1ccc(-c2noc(COc3ccc(Br)cc3)n2)cc1. The summed E-state index contributed by atoms with van der Waals surface area (Å²) in [6, 6.07) is 14.8. The van der Waals surface area contributed by atoms with Gasteiger partial charge in [0.15, 0.2) is 6.61 Å². The molecule has 3 rings (SSSR count). The predicted molar refractivity (Wildman–Crippen MR) is 83.2 cm³/mol. The van der Waals surface area contributed by atoms with Gasteiger partial charge in [0.25, 0.3) is 5.89 Å². The maximum atomic E-state index is 5.85. The molecule has 21 heavy (non-hydrogen) atoms. The second-order valence-corrected chi connectivity index (χ2v) is 5.61. The first-order valence-electron chi connectivity index (χ1n) is 6.17. The number of halogens is 2. The monoisotopic (exact) mass is 364 g/mol. The highest BCUT2D eigenvalue weighted by Crippen LogP contribution is 2.20. The van der Waals surface area contributed by atoms with Crippen molar-refractivity contribution in [2.75, 3.05) is 0 Å². The van der Waals surface area contributed by atoms with E-state index in [2.05, 4.69) is 26.1 Å². The van der Waals surface area contributed by atoms with Gasteiger partial charge in [-0.3, -0.25) is 0 Å². The molecule has 0 aliphatic carbocycles. The van der Waals surface area contributed by atoms with Crippen molar-refractivity contribution in [3.63, 3.8) is 0 Å². The van der Waals surface area contributed by atoms with Gasteiger partial charge in [0.1, 0.15) is 5.75 Å². The smallest absolute Gasteiger partial charge is 0.264 e. The number of ether oxygens (including phenoxy) is 1. The molecule has 4 nitrogen and oxygen atoms in total. The van der Waals surface area contributed by atoms with E-state index in [0.717, 1.165) is 15.8 Å². The molecule has 3 aromatic rings. The van der Waals surface area contributed by atoms with E-state index in [9.17, 15) is 0 Å². The van der Waals surface area contributed by atoms with Gasteiger partial charge in [-0.15, -0.1) is 0 Å². The Morgan fingerprint density at radius 2 is 1.76 bits per heavy atom. The molecule has 6 heteroatoms. The Kier molecular flexibility index (Phi) is 4.22. The van der Waals surface area contributed by atoms with Gasteiger partial charge in [0, 0.05) is 15.1 Å². The van der Waals surface area contributed by atoms with Crippen LogP contribution in [0.2, 0.25) is 5.02 Å². The zero-order valence-electron chi connectivity index (χ0n) is 10.8. The second kappa shape index (κ2) is 6.28. The first-order valence-corrected chi connectivity index (χ1v) is 7.35. The molecule has 0 radical (unpaired) electrons. The Hall–Kier alpha value is -1.85. The van der Waals surface area contributed by atoms with Crippen LogP contribution >= 0.6 is 27.5 Å². The lowest BCUT2D eigenvalue weighted by atomic mass is 10.2. The van der Waals surface area contributed by atoms with Crippen LogP contribution in [0, 0.1) is 0 Å². The first kappa shape index (κ1) is 14.1. The van der Waals surface area contributed by atoms with Crippen molar-refractivity contribution < 1.29 is 9.26 Å². The molecule has 1 aromatic heterocycles. The molecule has 2 aromatic carbocycles. The lowest BCUT2D eigenvalue weighted by Gasteiger charge is -2.02. The molecule has 0 amide bonds. The Bertz CT molecular complexity index is 726. The lowest BCUT2D eigenvalue weighted by Crippen LogP contribution is -1.95. The van der Waals surface area contributed by atoms with Crippen LogP contribution < -0.4 is 4.74 Å². The Morgan fingerprint density at radius 1 is 1.05 bits per heavy atom. The zero-order valence-corrected chi connectivity index (χ0v) is 13.1. The van der Waals surface area contributed by atoms with Gasteiger partial charge in [0.05, 0.1) is 0 Å². The average molecular weight is 366 g/mol. The van der Waals surface area contributed by atoms with Crippen LogP contribution in [-0.4, -0.2) is 10.1 Å². The van der Waals surface area contributed by atoms with Gasteiger partial charge in [-0.25, -0.2) is 0 Å². The Labute approximate surface area is 134 Å². The molecule has 0 unspecified atom stereocenters. The minimum absolute atomic E-state index is 0.224. The second-order valence-electron chi connectivity index (χ2n) is 4.26. The number of hydrogen-bond donors (Lipinski definition) is 0. The fourth-order valence-electron chi connectivity index (χ4n) is 1.71. The maximum Gasteiger partial charge on any atom is 0.264 e. The van der Waals surface area contributed by atoms with Crippen molar-refractivity contribution in [3.8, 4) is 17.1 Å². The van der Waals surface area contributed by atoms with E-state index in [1.807, 2.05) is 36.4 Å². The molecule has 0 aliphatic heterocycles. The first-order chi connectivity index (χ1) is 10.2. The molecule has 1 heterocycles. The van der Waals surface area contributed by atoms with E-state index in [-0.39, 0.29) is 6.61 Å². The summed E-state index contributed by atoms with van der Waals surface area (Å²) in [5, 5.41) is 4.59. The highest BCUT2D eigenvalue weighted by molar-refractivity contribution is 9.10. The summed E-state index contributed by atoms with van der Waals surface area (Å²) in [6.07, 6.45) is 0. The van der Waals surface area contributed by atoms with E-state index in [1.54, 1.807) is 12.1 Å². The molecule has 0 bridgehead atoms. The van der Waals surface area contributed by atoms with E-state index >= 15 is 0 Å². The highest BCUT2D eigenvalue weighted by atomic mass is 79.9. The van der Waals surface area contributed by atoms with Crippen LogP contribution in [0.3, 0.4) is 0 Å². The van der Waals surface area contributed by atoms with Gasteiger partial charge < -0.3 is 9.26 Å². The molecule has 0 N–H and O–H groups in total. The lowest BCUT2D eigenvalue weighted by molar-refractivity contribution is 0.243. The van der Waals surface area contributed by atoms with E-state index in [0.29, 0.717) is 16.7 Å². The third-order valence-electron chi connectivity index (χ3n) is 2.75. The van der Waals surface area contributed by atoms with Gasteiger partial charge >= 0.3 is 0 Å². The van der Waals surface area contributed by atoms with Crippen molar-refractivity contribution in [1.82, 2.24) is 10.1 Å². The van der Waals surface area contributed by atoms with Crippen molar-refractivity contribution in [2.24, 2.45) is 0 Å². The molecule has 0 saturated carbocycles. The highest BCUT2D eigenvalue weighted by Gasteiger charge is 2.09. The zero-order chi connectivity index (χ0) is 14.7. The molecular weight excluding hydrogens is 356 g/mol. The fraction of sp³-hybridized carbons (Fsp3) is 0.0667. The minimum atomic E-state index is 0.224. The normalized spacial score (nSPS) is 10.6. The van der Waals surface area contributed by atoms with Crippen LogP contribution in [-0.2, 0) is 6.61 Å². The molecule has 0 fully saturated rings. The largest absolute Gasteiger partial charge is 0.484 e. The van der Waals surface area contributed by atoms with Crippen molar-refractivity contribution >= 4 is 27.5 Å². The predicted octanol–water partition coefficient (Wildman–Crippen LogP) is 4.73. The summed E-state index contributed by atoms with van der Waals surface area (Å²) in [5.74, 6) is 1.67. The van der Waals surface area contributed by atoms with Crippen LogP contribution in [0.25, 0.3) is 11.4 Å². The molecule has 0 aliphatic rings. The standard InChI is InChI=1S/C15H10BrClN2O2/c16-11-3-7-13(8-4-11)20-9-14-18-15(19-21-14)10-1-5-12(17)6-2-10/h1-8H,9H2. The summed E-state index contributed by atoms with van der Waals surface area (Å²) in [7, 11) is 0. The number of rotatable bonds is 4. The van der Waals surface area contributed by atoms with E-state index < -0.39 is 0 Å². The minimum Gasteiger partial charge on any atom is -0.484 e. The Morgan fingerprint density at radius 3 is 2.48 bits per heavy atom. The quantitative estimate of drug-likeness (QED) is 0.670. The van der Waals surface area contributed by atoms with Crippen molar-refractivity contribution in [3.05, 3.63) is 63.9 Å². The third-order valence-corrected chi connectivity index (χ3v) is 3.53. The molecular formula is C15H10BrClN2O2. The van der Waals surface area contributed by atoms with Crippen LogP contribution in [0.4, 0.5) is 0 Å².